The molecule has 0 aliphatic heterocycles. The molecule has 0 aromatic heterocycles. The number of ether oxygens (including phenoxy) is 4. The van der Waals surface area contributed by atoms with E-state index in [0.717, 1.165) is 9.47 Å². The van der Waals surface area contributed by atoms with E-state index in [1.54, 1.807) is 4.74 Å². The van der Waals surface area contributed by atoms with Gasteiger partial charge in [-0.25, -0.2) is 4.79 Å². The molecule has 5 nitrogen and oxygen atoms in total. The molecular weight excluding hydrogens is 685 g/mol. The third-order valence-corrected chi connectivity index (χ3v) is 3.93. The Morgan fingerprint density at radius 1 is 0.429 bits per heavy atom. The number of esters is 1. The van der Waals surface area contributed by atoms with Gasteiger partial charge in [-0.05, 0) is 6.92 Å². The molecule has 0 rings (SSSR count). The molecule has 0 spiro atoms. The van der Waals surface area contributed by atoms with Crippen LogP contribution in [0.5, 0.6) is 0 Å². The lowest BCUT2D eigenvalue weighted by atomic mass is 10.2. The van der Waals surface area contributed by atoms with Crippen molar-refractivity contribution in [2.75, 3.05) is 6.61 Å². The third-order valence-electron chi connectivity index (χ3n) is 3.93. The zero-order valence-electron chi connectivity index (χ0n) is 18.4. The molecule has 0 fully saturated rings. The van der Waals surface area contributed by atoms with Gasteiger partial charge >= 0.3 is 72.5 Å². The van der Waals surface area contributed by atoms with Gasteiger partial charge < -0.3 is 4.74 Å². The highest BCUT2D eigenvalue weighted by molar-refractivity contribution is 5.78. The summed E-state index contributed by atoms with van der Waals surface area (Å²) in [7, 11) is 0. The van der Waals surface area contributed by atoms with E-state index in [1.807, 2.05) is 0 Å². The highest BCUT2D eigenvalue weighted by Crippen LogP contribution is 2.59. The van der Waals surface area contributed by atoms with Crippen molar-refractivity contribution in [3.63, 3.8) is 0 Å². The molecule has 42 heavy (non-hydrogen) atoms. The number of hydrogen-bond acceptors (Lipinski definition) is 5. The molecule has 0 N–H and O–H groups in total. The van der Waals surface area contributed by atoms with Crippen LogP contribution in [0.4, 0.5) is 101 Å². The highest BCUT2D eigenvalue weighted by atomic mass is 19.4. The summed E-state index contributed by atoms with van der Waals surface area (Å²) in [5, 5.41) is 0. The second kappa shape index (κ2) is 10.7. The Hall–Kier alpha value is -2.26. The Balaban J connectivity index is 7.42. The van der Waals surface area contributed by atoms with Gasteiger partial charge in [0, 0.05) is 0 Å². The van der Waals surface area contributed by atoms with Crippen LogP contribution < -0.4 is 0 Å². The Morgan fingerprint density at radius 3 is 0.976 bits per heavy atom. The summed E-state index contributed by atoms with van der Waals surface area (Å²) < 4.78 is 309. The minimum atomic E-state index is -8.81. The van der Waals surface area contributed by atoms with Crippen molar-refractivity contribution in [1.82, 2.24) is 0 Å². The Kier molecular flexibility index (Phi) is 10.1. The summed E-state index contributed by atoms with van der Waals surface area (Å²) in [4.78, 5) is 11.0. The van der Waals surface area contributed by atoms with E-state index in [0.29, 0.717) is 6.92 Å². The summed E-state index contributed by atoms with van der Waals surface area (Å²) in [6.07, 6.45) is -57.8. The van der Waals surface area contributed by atoms with Crippen LogP contribution in [-0.4, -0.2) is 79.1 Å². The molecule has 0 saturated carbocycles. The molecule has 0 heterocycles. The molecule has 0 aromatic carbocycles. The molecule has 252 valence electrons. The SMILES string of the molecule is CCOC(=O)[C@](F)(OC(F)(F)[C@@](F)(OC(F)(F)[C@@](F)(OC(F)(C(F)(F)F)C(F)(F)F)C(F)(F)F)C(F)(F)F)C(F)(F)F. The third kappa shape index (κ3) is 6.62. The molecule has 0 amide bonds. The van der Waals surface area contributed by atoms with Gasteiger partial charge in [-0.15, -0.1) is 0 Å². The maximum absolute atomic E-state index is 14.2. The molecule has 0 saturated heterocycles. The molecule has 28 heteroatoms. The minimum absolute atomic E-state index is 0.413. The second-order valence-electron chi connectivity index (χ2n) is 6.93. The first-order valence-corrected chi connectivity index (χ1v) is 8.98. The topological polar surface area (TPSA) is 54.0 Å². The number of halogens is 23. The summed E-state index contributed by atoms with van der Waals surface area (Å²) in [6.45, 7) is -1.11. The highest BCUT2D eigenvalue weighted by Gasteiger charge is 2.89. The van der Waals surface area contributed by atoms with Gasteiger partial charge in [0.05, 0.1) is 6.61 Å². The Bertz CT molecular complexity index is 947. The number of rotatable bonds is 10. The maximum atomic E-state index is 14.2. The fourth-order valence-corrected chi connectivity index (χ4v) is 1.96. The van der Waals surface area contributed by atoms with Crippen LogP contribution in [0.2, 0.25) is 0 Å². The lowest BCUT2D eigenvalue weighted by molar-refractivity contribution is -0.579. The van der Waals surface area contributed by atoms with Gasteiger partial charge in [0.2, 0.25) is 0 Å². The van der Waals surface area contributed by atoms with Crippen molar-refractivity contribution >= 4 is 5.97 Å². The molecule has 0 aliphatic rings. The lowest BCUT2D eigenvalue weighted by Gasteiger charge is -2.43. The van der Waals surface area contributed by atoms with Crippen molar-refractivity contribution in [1.29, 1.82) is 0 Å². The van der Waals surface area contributed by atoms with Crippen LogP contribution in [-0.2, 0) is 23.7 Å². The van der Waals surface area contributed by atoms with Crippen LogP contribution >= 0.6 is 0 Å². The second-order valence-corrected chi connectivity index (χ2v) is 6.93. The van der Waals surface area contributed by atoms with Gasteiger partial charge in [-0.2, -0.15) is 101 Å². The molecular formula is C14H5F23O5. The Morgan fingerprint density at radius 2 is 0.714 bits per heavy atom. The molecule has 3 atom stereocenters. The van der Waals surface area contributed by atoms with Crippen LogP contribution in [0.25, 0.3) is 0 Å². The van der Waals surface area contributed by atoms with Gasteiger partial charge in [-0.3, -0.25) is 14.2 Å². The van der Waals surface area contributed by atoms with Crippen molar-refractivity contribution in [2.24, 2.45) is 0 Å². The minimum Gasteiger partial charge on any atom is -0.462 e. The van der Waals surface area contributed by atoms with Crippen molar-refractivity contribution < 1.29 is 125 Å². The fourth-order valence-electron chi connectivity index (χ4n) is 1.96. The largest absolute Gasteiger partial charge is 0.462 e. The number of carbonyl (C=O) groups is 1. The molecule has 0 unspecified atom stereocenters. The first kappa shape index (κ1) is 39.7. The predicted octanol–water partition coefficient (Wildman–Crippen LogP) is 7.26. The number of hydrogen-bond donors (Lipinski definition) is 0. The molecule has 0 aromatic rings. The maximum Gasteiger partial charge on any atom is 0.460 e. The lowest BCUT2D eigenvalue weighted by Crippen LogP contribution is -2.71. The smallest absolute Gasteiger partial charge is 0.460 e. The molecule has 0 aliphatic carbocycles. The first-order chi connectivity index (χ1) is 17.9. The van der Waals surface area contributed by atoms with Crippen LogP contribution in [0.15, 0.2) is 0 Å². The average molecular weight is 690 g/mol. The summed E-state index contributed by atoms with van der Waals surface area (Å²) in [5.74, 6) is -36.8. The van der Waals surface area contributed by atoms with E-state index in [4.69, 9.17) is 0 Å². The van der Waals surface area contributed by atoms with Crippen molar-refractivity contribution in [2.45, 2.75) is 73.4 Å². The number of alkyl halides is 23. The van der Waals surface area contributed by atoms with E-state index in [9.17, 15) is 106 Å². The quantitative estimate of drug-likeness (QED) is 0.179. The first-order valence-electron chi connectivity index (χ1n) is 8.98. The predicted molar refractivity (Wildman–Crippen MR) is 75.4 cm³/mol. The zero-order valence-corrected chi connectivity index (χ0v) is 18.4. The van der Waals surface area contributed by atoms with Gasteiger partial charge in [0.15, 0.2) is 0 Å². The standard InChI is InChI=1S/C14H5F23O5/c1-2-39-3(38)4(15,8(19,20)21)40-13(34,35)7(18,12(31,32)33)42-14(36,37)6(17,11(28,29)30)41-5(16,9(22,23)24)10(25,26)27/h2H2,1H3/t4-,6-,7-/m0/s1. The fraction of sp³-hybridized carbons (Fsp3) is 0.929. The summed E-state index contributed by atoms with van der Waals surface area (Å²) in [6, 6.07) is 0. The zero-order chi connectivity index (χ0) is 34.6. The molecule has 0 bridgehead atoms. The van der Waals surface area contributed by atoms with E-state index in [2.05, 4.69) is 4.74 Å². The molecule has 0 radical (unpaired) electrons. The van der Waals surface area contributed by atoms with Gasteiger partial charge in [0.25, 0.3) is 0 Å². The normalized spacial score (nSPS) is 19.5. The number of carbonyl (C=O) groups excluding carboxylic acids is 1. The van der Waals surface area contributed by atoms with Gasteiger partial charge in [-0.1, -0.05) is 0 Å². The summed E-state index contributed by atoms with van der Waals surface area (Å²) >= 11 is 0. The van der Waals surface area contributed by atoms with Crippen LogP contribution in [0.3, 0.4) is 0 Å². The van der Waals surface area contributed by atoms with Crippen LogP contribution in [0.1, 0.15) is 6.92 Å². The van der Waals surface area contributed by atoms with Crippen molar-refractivity contribution in [3.8, 4) is 0 Å². The average Bonchev–Trinajstić information content (AvgIpc) is 2.68. The van der Waals surface area contributed by atoms with Crippen molar-refractivity contribution in [3.05, 3.63) is 0 Å². The van der Waals surface area contributed by atoms with Crippen LogP contribution in [0, 0.1) is 0 Å². The monoisotopic (exact) mass is 690 g/mol. The van der Waals surface area contributed by atoms with E-state index in [-0.39, 0.29) is 0 Å². The Labute approximate surface area is 212 Å². The summed E-state index contributed by atoms with van der Waals surface area (Å²) in [5.41, 5.74) is 0. The van der Waals surface area contributed by atoms with E-state index < -0.39 is 79.1 Å². The van der Waals surface area contributed by atoms with E-state index in [1.165, 1.54) is 0 Å². The van der Waals surface area contributed by atoms with E-state index >= 15 is 0 Å². The van der Waals surface area contributed by atoms with Gasteiger partial charge in [0.1, 0.15) is 0 Å².